The quantitative estimate of drug-likeness (QED) is 0.311. The second kappa shape index (κ2) is 27.6. The minimum Gasteiger partial charge on any atom is -0.870 e. The SMILES string of the molecule is CCCCCCCCCCCCCCCCCC(=O)[O-].[Al+3].[Mg+2].[OH-]. The molecule has 0 aromatic carbocycles. The molecule has 3 nitrogen and oxygen atoms in total. The molecule has 0 radical (unpaired) electrons. The molecular formula is C18H36AlMgO3+3. The number of hydrogen-bond donors (Lipinski definition) is 0. The van der Waals surface area contributed by atoms with Crippen molar-refractivity contribution >= 4 is 46.4 Å². The minimum absolute atomic E-state index is 0. The summed E-state index contributed by atoms with van der Waals surface area (Å²) in [6.07, 6.45) is 19.9. The molecule has 0 amide bonds. The first-order chi connectivity index (χ1) is 9.77. The van der Waals surface area contributed by atoms with Crippen LogP contribution in [0.25, 0.3) is 0 Å². The fourth-order valence-electron chi connectivity index (χ4n) is 2.64. The predicted molar refractivity (Wildman–Crippen MR) is 98.0 cm³/mol. The smallest absolute Gasteiger partial charge is 0.870 e. The first kappa shape index (κ1) is 31.5. The summed E-state index contributed by atoms with van der Waals surface area (Å²) in [5, 5.41) is 10.2. The Kier molecular flexibility index (Phi) is 37.8. The van der Waals surface area contributed by atoms with Crippen LogP contribution in [0, 0.1) is 0 Å². The van der Waals surface area contributed by atoms with Crippen molar-refractivity contribution < 1.29 is 15.4 Å². The maximum Gasteiger partial charge on any atom is 3.00 e. The maximum atomic E-state index is 10.2. The number of aliphatic carboxylic acids is 1. The molecule has 0 aliphatic heterocycles. The summed E-state index contributed by atoms with van der Waals surface area (Å²) in [5.41, 5.74) is 0. The van der Waals surface area contributed by atoms with Crippen LogP contribution in [-0.4, -0.2) is 51.9 Å². The van der Waals surface area contributed by atoms with Gasteiger partial charge in [0.15, 0.2) is 0 Å². The van der Waals surface area contributed by atoms with E-state index in [2.05, 4.69) is 6.92 Å². The molecule has 128 valence electrons. The average molecular weight is 352 g/mol. The Hall–Kier alpha value is 0.729. The number of carbonyl (C=O) groups is 1. The second-order valence-corrected chi connectivity index (χ2v) is 6.07. The first-order valence-electron chi connectivity index (χ1n) is 8.97. The van der Waals surface area contributed by atoms with Gasteiger partial charge in [-0.2, -0.15) is 0 Å². The summed E-state index contributed by atoms with van der Waals surface area (Å²) in [7, 11) is 0. The molecule has 0 aromatic heterocycles. The normalized spacial score (nSPS) is 9.43. The zero-order valence-electron chi connectivity index (χ0n) is 15.4. The fourth-order valence-corrected chi connectivity index (χ4v) is 2.64. The molecular weight excluding hydrogens is 315 g/mol. The molecule has 23 heavy (non-hydrogen) atoms. The van der Waals surface area contributed by atoms with Gasteiger partial charge in [-0.1, -0.05) is 96.8 Å². The van der Waals surface area contributed by atoms with Crippen LogP contribution in [0.2, 0.25) is 0 Å². The van der Waals surface area contributed by atoms with Crippen molar-refractivity contribution in [1.82, 2.24) is 0 Å². The molecule has 0 heterocycles. The third kappa shape index (κ3) is 31.1. The van der Waals surface area contributed by atoms with Gasteiger partial charge in [-0.25, -0.2) is 0 Å². The van der Waals surface area contributed by atoms with Crippen LogP contribution >= 0.6 is 0 Å². The Bertz CT molecular complexity index is 216. The van der Waals surface area contributed by atoms with Crippen LogP contribution in [0.5, 0.6) is 0 Å². The molecule has 0 aliphatic carbocycles. The number of carboxylic acid groups (broad SMARTS) is 1. The fraction of sp³-hybridized carbons (Fsp3) is 0.944. The van der Waals surface area contributed by atoms with Gasteiger partial charge in [0.25, 0.3) is 0 Å². The second-order valence-electron chi connectivity index (χ2n) is 6.07. The summed E-state index contributed by atoms with van der Waals surface area (Å²) in [6, 6.07) is 0. The Labute approximate surface area is 171 Å². The molecule has 0 saturated carbocycles. The summed E-state index contributed by atoms with van der Waals surface area (Å²) >= 11 is 0. The van der Waals surface area contributed by atoms with Crippen LogP contribution in [0.3, 0.4) is 0 Å². The molecule has 0 bridgehead atoms. The van der Waals surface area contributed by atoms with Crippen LogP contribution in [0.15, 0.2) is 0 Å². The molecule has 0 aromatic rings. The summed E-state index contributed by atoms with van der Waals surface area (Å²) in [5.74, 6) is -0.903. The summed E-state index contributed by atoms with van der Waals surface area (Å²) < 4.78 is 0. The van der Waals surface area contributed by atoms with Crippen molar-refractivity contribution in [2.75, 3.05) is 0 Å². The molecule has 0 fully saturated rings. The van der Waals surface area contributed by atoms with Crippen molar-refractivity contribution in [1.29, 1.82) is 0 Å². The Morgan fingerprint density at radius 2 is 0.913 bits per heavy atom. The molecule has 0 atom stereocenters. The van der Waals surface area contributed by atoms with Gasteiger partial charge < -0.3 is 15.4 Å². The Balaban J connectivity index is -0.000000602. The summed E-state index contributed by atoms with van der Waals surface area (Å²) in [6.45, 7) is 2.27. The van der Waals surface area contributed by atoms with E-state index in [0.29, 0.717) is 0 Å². The van der Waals surface area contributed by atoms with Gasteiger partial charge in [0.1, 0.15) is 0 Å². The molecule has 0 saturated heterocycles. The molecule has 0 unspecified atom stereocenters. The van der Waals surface area contributed by atoms with Crippen molar-refractivity contribution in [3.05, 3.63) is 0 Å². The molecule has 0 rings (SSSR count). The van der Waals surface area contributed by atoms with Gasteiger partial charge in [-0.3, -0.25) is 0 Å². The van der Waals surface area contributed by atoms with E-state index in [9.17, 15) is 9.90 Å². The average Bonchev–Trinajstić information content (AvgIpc) is 2.43. The molecule has 0 aliphatic rings. The van der Waals surface area contributed by atoms with Crippen molar-refractivity contribution in [3.63, 3.8) is 0 Å². The van der Waals surface area contributed by atoms with E-state index in [4.69, 9.17) is 0 Å². The van der Waals surface area contributed by atoms with Crippen LogP contribution < -0.4 is 5.11 Å². The monoisotopic (exact) mass is 351 g/mol. The van der Waals surface area contributed by atoms with Gasteiger partial charge in [0.05, 0.1) is 0 Å². The molecule has 5 heteroatoms. The van der Waals surface area contributed by atoms with Crippen molar-refractivity contribution in [3.8, 4) is 0 Å². The van der Waals surface area contributed by atoms with Gasteiger partial charge in [0, 0.05) is 5.97 Å². The van der Waals surface area contributed by atoms with E-state index in [1.165, 1.54) is 83.5 Å². The number of rotatable bonds is 16. The van der Waals surface area contributed by atoms with Gasteiger partial charge in [-0.15, -0.1) is 0 Å². The topological polar surface area (TPSA) is 70.1 Å². The number of carboxylic acids is 1. The first-order valence-corrected chi connectivity index (χ1v) is 8.97. The third-order valence-corrected chi connectivity index (χ3v) is 3.98. The maximum absolute atomic E-state index is 10.2. The Morgan fingerprint density at radius 3 is 1.17 bits per heavy atom. The number of hydrogen-bond acceptors (Lipinski definition) is 3. The Morgan fingerprint density at radius 1 is 0.652 bits per heavy atom. The number of carbonyl (C=O) groups excluding carboxylic acids is 1. The molecule has 1 N–H and O–H groups in total. The predicted octanol–water partition coefficient (Wildman–Crippen LogP) is 4.06. The zero-order valence-corrected chi connectivity index (χ0v) is 17.9. The standard InChI is InChI=1S/C18H36O2.Al.Mg.H2O/c1-2-3-4-5-6-7-8-9-10-11-12-13-14-15-16-17-18(19)20;;;/h2-17H2,1H3,(H,19,20);;;1H2/q;+3;+2;/p-2. The van der Waals surface area contributed by atoms with Gasteiger partial charge >= 0.3 is 40.4 Å². The van der Waals surface area contributed by atoms with Gasteiger partial charge in [0.2, 0.25) is 0 Å². The van der Waals surface area contributed by atoms with E-state index < -0.39 is 5.97 Å². The van der Waals surface area contributed by atoms with E-state index in [1.807, 2.05) is 0 Å². The van der Waals surface area contributed by atoms with Crippen LogP contribution in [0.4, 0.5) is 0 Å². The largest absolute Gasteiger partial charge is 3.00 e. The van der Waals surface area contributed by atoms with Crippen molar-refractivity contribution in [2.24, 2.45) is 0 Å². The minimum atomic E-state index is -0.903. The van der Waals surface area contributed by atoms with Crippen LogP contribution in [0.1, 0.15) is 110 Å². The van der Waals surface area contributed by atoms with E-state index in [1.54, 1.807) is 0 Å². The van der Waals surface area contributed by atoms with E-state index >= 15 is 0 Å². The molecule has 0 spiro atoms. The van der Waals surface area contributed by atoms with Crippen molar-refractivity contribution in [2.45, 2.75) is 110 Å². The van der Waals surface area contributed by atoms with Crippen LogP contribution in [-0.2, 0) is 4.79 Å². The van der Waals surface area contributed by atoms with E-state index in [0.717, 1.165) is 12.8 Å². The summed E-state index contributed by atoms with van der Waals surface area (Å²) in [4.78, 5) is 10.2. The zero-order chi connectivity index (χ0) is 14.9. The number of unbranched alkanes of at least 4 members (excludes halogenated alkanes) is 14. The van der Waals surface area contributed by atoms with E-state index in [-0.39, 0.29) is 52.3 Å². The van der Waals surface area contributed by atoms with Gasteiger partial charge in [-0.05, 0) is 12.8 Å². The third-order valence-electron chi connectivity index (χ3n) is 3.98.